The third-order valence-electron chi connectivity index (χ3n) is 6.60. The van der Waals surface area contributed by atoms with Crippen LogP contribution in [0.25, 0.3) is 23.1 Å². The largest absolute Gasteiger partial charge is 0.486 e. The number of aryl methyl sites for hydroxylation is 1. The van der Waals surface area contributed by atoms with Crippen molar-refractivity contribution in [3.63, 3.8) is 0 Å². The van der Waals surface area contributed by atoms with E-state index in [0.29, 0.717) is 21.4 Å². The van der Waals surface area contributed by atoms with Crippen LogP contribution in [0.4, 0.5) is 0 Å². The van der Waals surface area contributed by atoms with E-state index in [4.69, 9.17) is 32.7 Å². The van der Waals surface area contributed by atoms with Gasteiger partial charge < -0.3 is 9.47 Å². The maximum atomic E-state index is 6.29. The Morgan fingerprint density at radius 3 is 2.64 bits per heavy atom. The number of nitrogens with one attached hydrogen (secondary N) is 1. The van der Waals surface area contributed by atoms with E-state index >= 15 is 0 Å². The van der Waals surface area contributed by atoms with Gasteiger partial charge in [-0.05, 0) is 74.4 Å². The Morgan fingerprint density at radius 1 is 1.08 bits per heavy atom. The van der Waals surface area contributed by atoms with E-state index in [-0.39, 0.29) is 6.10 Å². The molecule has 4 heterocycles. The third-order valence-corrected chi connectivity index (χ3v) is 7.21. The summed E-state index contributed by atoms with van der Waals surface area (Å²) in [5, 5.41) is 9.47. The lowest BCUT2D eigenvalue weighted by Gasteiger charge is -2.21. The van der Waals surface area contributed by atoms with E-state index in [1.54, 1.807) is 12.4 Å². The van der Waals surface area contributed by atoms with Crippen molar-refractivity contribution < 1.29 is 9.47 Å². The zero-order valence-electron chi connectivity index (χ0n) is 20.1. The van der Waals surface area contributed by atoms with Crippen LogP contribution >= 0.6 is 23.2 Å². The molecule has 0 spiro atoms. The first-order valence-corrected chi connectivity index (χ1v) is 13.0. The number of hydrogen-bond acceptors (Lipinski definition) is 5. The number of ether oxygens (including phenoxy) is 2. The van der Waals surface area contributed by atoms with Gasteiger partial charge in [0.25, 0.3) is 0 Å². The molecule has 8 heteroatoms. The fraction of sp³-hybridized carbons (Fsp3) is 0.321. The van der Waals surface area contributed by atoms with E-state index < -0.39 is 0 Å². The third kappa shape index (κ3) is 5.89. The summed E-state index contributed by atoms with van der Waals surface area (Å²) >= 11 is 12.6. The summed E-state index contributed by atoms with van der Waals surface area (Å²) in [7, 11) is 0. The summed E-state index contributed by atoms with van der Waals surface area (Å²) in [4.78, 5) is 8.67. The van der Waals surface area contributed by atoms with Crippen LogP contribution < -0.4 is 4.74 Å². The Labute approximate surface area is 220 Å². The highest BCUT2D eigenvalue weighted by molar-refractivity contribution is 6.35. The van der Waals surface area contributed by atoms with Crippen LogP contribution in [0.3, 0.4) is 0 Å². The number of rotatable bonds is 8. The summed E-state index contributed by atoms with van der Waals surface area (Å²) in [6.45, 7) is 3.70. The van der Waals surface area contributed by atoms with Crippen LogP contribution in [0.2, 0.25) is 10.0 Å². The van der Waals surface area contributed by atoms with Gasteiger partial charge in [0.1, 0.15) is 11.9 Å². The molecule has 0 unspecified atom stereocenters. The molecular weight excluding hydrogens is 495 g/mol. The minimum atomic E-state index is -0.340. The number of nitrogens with zero attached hydrogens (tertiary/aromatic N) is 3. The highest BCUT2D eigenvalue weighted by Crippen LogP contribution is 2.33. The predicted octanol–water partition coefficient (Wildman–Crippen LogP) is 7.33. The topological polar surface area (TPSA) is 72.9 Å². The Hall–Kier alpha value is -2.93. The van der Waals surface area contributed by atoms with Gasteiger partial charge in [-0.1, -0.05) is 35.3 Å². The highest BCUT2D eigenvalue weighted by Gasteiger charge is 2.17. The lowest BCUT2D eigenvalue weighted by atomic mass is 9.94. The Kier molecular flexibility index (Phi) is 7.85. The lowest BCUT2D eigenvalue weighted by Crippen LogP contribution is -2.16. The molecule has 1 fully saturated rings. The van der Waals surface area contributed by atoms with Crippen molar-refractivity contribution >= 4 is 46.3 Å². The van der Waals surface area contributed by atoms with Crippen LogP contribution in [0.1, 0.15) is 54.8 Å². The Balaban J connectivity index is 1.26. The zero-order valence-corrected chi connectivity index (χ0v) is 21.6. The average Bonchev–Trinajstić information content (AvgIpc) is 3.29. The van der Waals surface area contributed by atoms with Crippen molar-refractivity contribution in [2.75, 3.05) is 13.2 Å². The molecule has 186 valence electrons. The summed E-state index contributed by atoms with van der Waals surface area (Å²) in [6, 6.07) is 10.0. The van der Waals surface area contributed by atoms with Crippen molar-refractivity contribution in [3.05, 3.63) is 81.5 Å². The molecule has 4 aromatic rings. The van der Waals surface area contributed by atoms with E-state index in [0.717, 1.165) is 66.2 Å². The molecule has 1 aliphatic rings. The Morgan fingerprint density at radius 2 is 1.89 bits per heavy atom. The number of halogens is 2. The van der Waals surface area contributed by atoms with Crippen molar-refractivity contribution in [2.45, 2.75) is 38.7 Å². The fourth-order valence-electron chi connectivity index (χ4n) is 4.53. The van der Waals surface area contributed by atoms with Crippen LogP contribution in [0.15, 0.2) is 48.9 Å². The summed E-state index contributed by atoms with van der Waals surface area (Å²) in [6.07, 6.45) is 13.2. The zero-order chi connectivity index (χ0) is 24.9. The monoisotopic (exact) mass is 522 g/mol. The molecule has 0 saturated carbocycles. The predicted molar refractivity (Wildman–Crippen MR) is 144 cm³/mol. The minimum absolute atomic E-state index is 0.340. The van der Waals surface area contributed by atoms with E-state index in [1.807, 2.05) is 43.5 Å². The first-order valence-electron chi connectivity index (χ1n) is 12.2. The molecule has 1 aromatic carbocycles. The number of aromatic nitrogens is 4. The number of pyridine rings is 2. The van der Waals surface area contributed by atoms with Gasteiger partial charge in [-0.15, -0.1) is 0 Å². The van der Waals surface area contributed by atoms with Gasteiger partial charge in [0.15, 0.2) is 0 Å². The Bertz CT molecular complexity index is 1330. The van der Waals surface area contributed by atoms with Gasteiger partial charge in [-0.25, -0.2) is 0 Å². The maximum absolute atomic E-state index is 6.29. The number of aromatic amines is 1. The summed E-state index contributed by atoms with van der Waals surface area (Å²) in [5.41, 5.74) is 4.63. The quantitative estimate of drug-likeness (QED) is 0.262. The molecule has 0 aliphatic carbocycles. The molecule has 1 saturated heterocycles. The van der Waals surface area contributed by atoms with Gasteiger partial charge in [0.05, 0.1) is 21.3 Å². The second kappa shape index (κ2) is 11.4. The van der Waals surface area contributed by atoms with Gasteiger partial charge in [-0.2, -0.15) is 5.10 Å². The van der Waals surface area contributed by atoms with Crippen molar-refractivity contribution in [2.24, 2.45) is 5.92 Å². The molecule has 0 bridgehead atoms. The second-order valence-electron chi connectivity index (χ2n) is 9.10. The first kappa shape index (κ1) is 24.8. The SMILES string of the molecule is C[C@@H](Oc1ccc2[nH]nc(/C=C/c3ccc(CCC4CCOCC4)nc3)c2c1)c1c(Cl)cncc1Cl. The molecule has 1 atom stereocenters. The van der Waals surface area contributed by atoms with Gasteiger partial charge in [-0.3, -0.25) is 15.1 Å². The molecule has 5 rings (SSSR count). The van der Waals surface area contributed by atoms with Gasteiger partial charge >= 0.3 is 0 Å². The van der Waals surface area contributed by atoms with Crippen LogP contribution in [-0.4, -0.2) is 33.4 Å². The number of hydrogen-bond donors (Lipinski definition) is 1. The van der Waals surface area contributed by atoms with Crippen molar-refractivity contribution in [1.29, 1.82) is 0 Å². The van der Waals surface area contributed by atoms with Crippen molar-refractivity contribution in [3.8, 4) is 5.75 Å². The molecule has 0 amide bonds. The van der Waals surface area contributed by atoms with E-state index in [2.05, 4.69) is 32.3 Å². The normalized spacial score (nSPS) is 15.5. The van der Waals surface area contributed by atoms with E-state index in [9.17, 15) is 0 Å². The standard InChI is InChI=1S/C28H28Cl2N4O2/c1-18(28-24(29)16-31-17-25(28)30)36-22-7-9-27-23(14-22)26(33-34-27)8-4-20-3-6-21(32-15-20)5-2-19-10-12-35-13-11-19/h3-4,6-9,14-19H,2,5,10-13H2,1H3,(H,33,34)/b8-4+/t18-/m1/s1. The lowest BCUT2D eigenvalue weighted by molar-refractivity contribution is 0.0639. The smallest absolute Gasteiger partial charge is 0.124 e. The van der Waals surface area contributed by atoms with Crippen LogP contribution in [0, 0.1) is 5.92 Å². The number of H-pyrrole nitrogens is 1. The molecule has 6 nitrogen and oxygen atoms in total. The number of fused-ring (bicyclic) bond motifs is 1. The van der Waals surface area contributed by atoms with Gasteiger partial charge in [0, 0.05) is 48.4 Å². The maximum Gasteiger partial charge on any atom is 0.124 e. The molecular formula is C28H28Cl2N4O2. The molecule has 1 aliphatic heterocycles. The molecule has 0 radical (unpaired) electrons. The molecule has 1 N–H and O–H groups in total. The highest BCUT2D eigenvalue weighted by atomic mass is 35.5. The summed E-state index contributed by atoms with van der Waals surface area (Å²) in [5.74, 6) is 1.45. The molecule has 36 heavy (non-hydrogen) atoms. The number of benzene rings is 1. The second-order valence-corrected chi connectivity index (χ2v) is 9.92. The minimum Gasteiger partial charge on any atom is -0.486 e. The van der Waals surface area contributed by atoms with Crippen molar-refractivity contribution in [1.82, 2.24) is 20.2 Å². The average molecular weight is 523 g/mol. The molecule has 3 aromatic heterocycles. The van der Waals surface area contributed by atoms with E-state index in [1.165, 1.54) is 6.42 Å². The summed E-state index contributed by atoms with van der Waals surface area (Å²) < 4.78 is 11.6. The van der Waals surface area contributed by atoms with Crippen LogP contribution in [-0.2, 0) is 11.2 Å². The fourth-order valence-corrected chi connectivity index (χ4v) is 5.20. The van der Waals surface area contributed by atoms with Crippen LogP contribution in [0.5, 0.6) is 5.75 Å². The van der Waals surface area contributed by atoms with Gasteiger partial charge in [0.2, 0.25) is 0 Å². The first-order chi connectivity index (χ1) is 17.6.